The molecule has 1 aromatic rings. The maximum atomic E-state index is 10.5. The van der Waals surface area contributed by atoms with E-state index in [-0.39, 0.29) is 0 Å². The van der Waals surface area contributed by atoms with E-state index in [1.165, 1.54) is 6.08 Å². The summed E-state index contributed by atoms with van der Waals surface area (Å²) in [5.74, 6) is 0.257. The maximum Gasteiger partial charge on any atom is 0.328 e. The maximum absolute atomic E-state index is 10.5. The van der Waals surface area contributed by atoms with Gasteiger partial charge in [-0.25, -0.2) is 4.79 Å². The molecule has 0 aromatic heterocycles. The Labute approximate surface area is 106 Å². The summed E-state index contributed by atoms with van der Waals surface area (Å²) >= 11 is 0. The van der Waals surface area contributed by atoms with E-state index in [2.05, 4.69) is 6.58 Å². The molecule has 96 valence electrons. The van der Waals surface area contributed by atoms with Crippen LogP contribution in [0.5, 0.6) is 11.5 Å². The number of rotatable bonds is 7. The van der Waals surface area contributed by atoms with Crippen molar-refractivity contribution in [3.8, 4) is 11.5 Å². The third kappa shape index (κ3) is 4.33. The fourth-order valence-corrected chi connectivity index (χ4v) is 1.32. The second kappa shape index (κ2) is 7.17. The Bertz CT molecular complexity index is 449. The summed E-state index contributed by atoms with van der Waals surface area (Å²) < 4.78 is 10.7. The molecule has 0 aliphatic heterocycles. The Balaban J connectivity index is 2.92. The van der Waals surface area contributed by atoms with Crippen LogP contribution in [-0.4, -0.2) is 24.8 Å². The summed E-state index contributed by atoms with van der Waals surface area (Å²) in [6.07, 6.45) is 5.04. The highest BCUT2D eigenvalue weighted by Gasteiger charge is 2.03. The van der Waals surface area contributed by atoms with Crippen molar-refractivity contribution in [1.29, 1.82) is 0 Å². The zero-order valence-electron chi connectivity index (χ0n) is 10.3. The van der Waals surface area contributed by atoms with Crippen molar-refractivity contribution in [2.45, 2.75) is 6.42 Å². The minimum Gasteiger partial charge on any atom is -0.497 e. The number of carbonyl (C=O) groups is 1. The van der Waals surface area contributed by atoms with Crippen molar-refractivity contribution in [1.82, 2.24) is 0 Å². The summed E-state index contributed by atoms with van der Waals surface area (Å²) in [5.41, 5.74) is 0.697. The first-order chi connectivity index (χ1) is 8.67. The first kappa shape index (κ1) is 13.8. The van der Waals surface area contributed by atoms with Crippen LogP contribution in [0.25, 0.3) is 6.08 Å². The van der Waals surface area contributed by atoms with Gasteiger partial charge in [0.25, 0.3) is 0 Å². The highest BCUT2D eigenvalue weighted by molar-refractivity contribution is 5.86. The Morgan fingerprint density at radius 2 is 2.28 bits per heavy atom. The van der Waals surface area contributed by atoms with E-state index >= 15 is 0 Å². The van der Waals surface area contributed by atoms with Gasteiger partial charge in [-0.1, -0.05) is 6.08 Å². The van der Waals surface area contributed by atoms with Gasteiger partial charge in [-0.3, -0.25) is 0 Å². The number of ether oxygens (including phenoxy) is 2. The van der Waals surface area contributed by atoms with Crippen LogP contribution in [0.3, 0.4) is 0 Å². The van der Waals surface area contributed by atoms with Crippen molar-refractivity contribution in [3.05, 3.63) is 42.5 Å². The molecule has 0 aliphatic rings. The van der Waals surface area contributed by atoms with Gasteiger partial charge in [0.1, 0.15) is 11.5 Å². The SMILES string of the molecule is C=CCCOc1cc(OC)ccc1C=CC(=O)O. The molecule has 18 heavy (non-hydrogen) atoms. The number of benzene rings is 1. The van der Waals surface area contributed by atoms with Crippen LogP contribution in [0.15, 0.2) is 36.9 Å². The third-order valence-corrected chi connectivity index (χ3v) is 2.21. The summed E-state index contributed by atoms with van der Waals surface area (Å²) in [6.45, 7) is 4.10. The molecule has 1 N–H and O–H groups in total. The molecule has 0 spiro atoms. The van der Waals surface area contributed by atoms with E-state index in [4.69, 9.17) is 14.6 Å². The van der Waals surface area contributed by atoms with Gasteiger partial charge in [0.15, 0.2) is 0 Å². The molecule has 0 bridgehead atoms. The van der Waals surface area contributed by atoms with E-state index in [1.807, 2.05) is 0 Å². The van der Waals surface area contributed by atoms with Crippen LogP contribution >= 0.6 is 0 Å². The summed E-state index contributed by atoms with van der Waals surface area (Å²) in [5, 5.41) is 8.62. The molecule has 4 nitrogen and oxygen atoms in total. The van der Waals surface area contributed by atoms with Gasteiger partial charge in [-0.15, -0.1) is 6.58 Å². The van der Waals surface area contributed by atoms with Gasteiger partial charge in [0.05, 0.1) is 13.7 Å². The summed E-state index contributed by atoms with van der Waals surface area (Å²) in [7, 11) is 1.57. The average molecular weight is 248 g/mol. The van der Waals surface area contributed by atoms with Crippen LogP contribution in [0, 0.1) is 0 Å². The van der Waals surface area contributed by atoms with Gasteiger partial charge in [-0.2, -0.15) is 0 Å². The minimum atomic E-state index is -0.997. The molecule has 0 saturated carbocycles. The predicted octanol–water partition coefficient (Wildman–Crippen LogP) is 2.75. The van der Waals surface area contributed by atoms with E-state index < -0.39 is 5.97 Å². The molecule has 0 amide bonds. The normalized spacial score (nSPS) is 10.3. The largest absolute Gasteiger partial charge is 0.497 e. The lowest BCUT2D eigenvalue weighted by molar-refractivity contribution is -0.131. The number of hydrogen-bond donors (Lipinski definition) is 1. The molecule has 0 radical (unpaired) electrons. The number of methoxy groups -OCH3 is 1. The highest BCUT2D eigenvalue weighted by Crippen LogP contribution is 2.26. The quantitative estimate of drug-likeness (QED) is 0.458. The van der Waals surface area contributed by atoms with E-state index in [1.54, 1.807) is 31.4 Å². The highest BCUT2D eigenvalue weighted by atomic mass is 16.5. The number of carboxylic acid groups (broad SMARTS) is 1. The molecule has 0 saturated heterocycles. The monoisotopic (exact) mass is 248 g/mol. The van der Waals surface area contributed by atoms with Gasteiger partial charge in [-0.05, 0) is 24.6 Å². The molecule has 0 heterocycles. The van der Waals surface area contributed by atoms with E-state index in [9.17, 15) is 4.79 Å². The minimum absolute atomic E-state index is 0.491. The first-order valence-electron chi connectivity index (χ1n) is 5.50. The average Bonchev–Trinajstić information content (AvgIpc) is 2.37. The fourth-order valence-electron chi connectivity index (χ4n) is 1.32. The van der Waals surface area contributed by atoms with Gasteiger partial charge >= 0.3 is 5.97 Å². The van der Waals surface area contributed by atoms with Gasteiger partial charge in [0, 0.05) is 17.7 Å². The Kier molecular flexibility index (Phi) is 5.51. The molecule has 1 rings (SSSR count). The first-order valence-corrected chi connectivity index (χ1v) is 5.50. The second-order valence-corrected chi connectivity index (χ2v) is 3.50. The summed E-state index contributed by atoms with van der Waals surface area (Å²) in [4.78, 5) is 10.5. The predicted molar refractivity (Wildman–Crippen MR) is 70.0 cm³/mol. The molecule has 1 aromatic carbocycles. The molecule has 0 aliphatic carbocycles. The molecule has 0 unspecified atom stereocenters. The number of carboxylic acids is 1. The summed E-state index contributed by atoms with van der Waals surface area (Å²) in [6, 6.07) is 5.23. The van der Waals surface area contributed by atoms with E-state index in [0.29, 0.717) is 23.7 Å². The molecule has 4 heteroatoms. The fraction of sp³-hybridized carbons (Fsp3) is 0.214. The lowest BCUT2D eigenvalue weighted by atomic mass is 10.1. The number of hydrogen-bond acceptors (Lipinski definition) is 3. The zero-order valence-corrected chi connectivity index (χ0v) is 10.3. The Hall–Kier alpha value is -2.23. The van der Waals surface area contributed by atoms with Gasteiger partial charge in [0.2, 0.25) is 0 Å². The van der Waals surface area contributed by atoms with Crippen LogP contribution in [0.2, 0.25) is 0 Å². The van der Waals surface area contributed by atoms with Crippen LogP contribution in [0.1, 0.15) is 12.0 Å². The lowest BCUT2D eigenvalue weighted by Gasteiger charge is -2.10. The molecule has 0 atom stereocenters. The lowest BCUT2D eigenvalue weighted by Crippen LogP contribution is -1.98. The van der Waals surface area contributed by atoms with Crippen molar-refractivity contribution < 1.29 is 19.4 Å². The zero-order chi connectivity index (χ0) is 13.4. The van der Waals surface area contributed by atoms with Crippen LogP contribution in [0.4, 0.5) is 0 Å². The third-order valence-electron chi connectivity index (χ3n) is 2.21. The standard InChI is InChI=1S/C14H16O4/c1-3-4-9-18-13-10-12(17-2)7-5-11(13)6-8-14(15)16/h3,5-8,10H,1,4,9H2,2H3,(H,15,16). The topological polar surface area (TPSA) is 55.8 Å². The van der Waals surface area contributed by atoms with Crippen molar-refractivity contribution >= 4 is 12.0 Å². The Morgan fingerprint density at radius 3 is 2.89 bits per heavy atom. The Morgan fingerprint density at radius 1 is 1.50 bits per heavy atom. The van der Waals surface area contributed by atoms with Crippen molar-refractivity contribution in [2.75, 3.05) is 13.7 Å². The molecular formula is C14H16O4. The number of aliphatic carboxylic acids is 1. The van der Waals surface area contributed by atoms with E-state index in [0.717, 1.165) is 12.5 Å². The second-order valence-electron chi connectivity index (χ2n) is 3.50. The van der Waals surface area contributed by atoms with Crippen LogP contribution < -0.4 is 9.47 Å². The molecule has 0 fully saturated rings. The van der Waals surface area contributed by atoms with Crippen molar-refractivity contribution in [3.63, 3.8) is 0 Å². The van der Waals surface area contributed by atoms with Gasteiger partial charge < -0.3 is 14.6 Å². The van der Waals surface area contributed by atoms with Crippen LogP contribution in [-0.2, 0) is 4.79 Å². The smallest absolute Gasteiger partial charge is 0.328 e. The molecular weight excluding hydrogens is 232 g/mol. The van der Waals surface area contributed by atoms with Crippen molar-refractivity contribution in [2.24, 2.45) is 0 Å².